The van der Waals surface area contributed by atoms with Crippen LogP contribution >= 0.6 is 11.3 Å². The van der Waals surface area contributed by atoms with Gasteiger partial charge in [0, 0.05) is 4.88 Å². The molecule has 1 aliphatic carbocycles. The summed E-state index contributed by atoms with van der Waals surface area (Å²) in [6, 6.07) is -0.698. The standard InChI is InChI=1S/C19H27N3O3S/c1-11(2)25-19(24)12(3)22-15(10-21(4)5)20-17-16(18(22)23)13-8-6-7-9-14(13)26-17/h11-12H,6-10H2,1-5H3. The number of ether oxygens (including phenoxy) is 1. The summed E-state index contributed by atoms with van der Waals surface area (Å²) in [5.74, 6) is 0.214. The number of fused-ring (bicyclic) bond motifs is 3. The molecule has 2 aromatic rings. The maximum absolute atomic E-state index is 13.4. The predicted molar refractivity (Wildman–Crippen MR) is 104 cm³/mol. The molecule has 6 nitrogen and oxygen atoms in total. The monoisotopic (exact) mass is 377 g/mol. The minimum Gasteiger partial charge on any atom is -0.461 e. The number of thiophene rings is 1. The number of carbonyl (C=O) groups excluding carboxylic acids is 1. The number of esters is 1. The van der Waals surface area contributed by atoms with Crippen LogP contribution in [0.25, 0.3) is 10.2 Å². The van der Waals surface area contributed by atoms with Crippen LogP contribution in [0, 0.1) is 0 Å². The molecule has 0 radical (unpaired) electrons. The second-order valence-electron chi connectivity index (χ2n) is 7.49. The first-order chi connectivity index (χ1) is 12.3. The first-order valence-corrected chi connectivity index (χ1v) is 10.0. The molecule has 1 unspecified atom stereocenters. The molecule has 0 aromatic carbocycles. The summed E-state index contributed by atoms with van der Waals surface area (Å²) in [6.45, 7) is 5.83. The summed E-state index contributed by atoms with van der Waals surface area (Å²) in [5, 5.41) is 0.705. The molecule has 0 spiro atoms. The Morgan fingerprint density at radius 3 is 2.62 bits per heavy atom. The predicted octanol–water partition coefficient (Wildman–Crippen LogP) is 2.91. The van der Waals surface area contributed by atoms with Gasteiger partial charge in [-0.1, -0.05) is 0 Å². The van der Waals surface area contributed by atoms with Crippen LogP contribution in [-0.2, 0) is 28.9 Å². The number of hydrogen-bond donors (Lipinski definition) is 0. The summed E-state index contributed by atoms with van der Waals surface area (Å²) in [5.41, 5.74) is 1.03. The highest BCUT2D eigenvalue weighted by Gasteiger charge is 2.27. The van der Waals surface area contributed by atoms with Crippen LogP contribution in [0.15, 0.2) is 4.79 Å². The lowest BCUT2D eigenvalue weighted by molar-refractivity contribution is -0.151. The lowest BCUT2D eigenvalue weighted by atomic mass is 9.97. The fraction of sp³-hybridized carbons (Fsp3) is 0.632. The summed E-state index contributed by atoms with van der Waals surface area (Å²) >= 11 is 1.64. The fourth-order valence-electron chi connectivity index (χ4n) is 3.49. The van der Waals surface area contributed by atoms with E-state index in [4.69, 9.17) is 9.72 Å². The second kappa shape index (κ2) is 7.48. The van der Waals surface area contributed by atoms with E-state index in [0.29, 0.717) is 17.8 Å². The van der Waals surface area contributed by atoms with E-state index in [1.54, 1.807) is 18.3 Å². The highest BCUT2D eigenvalue weighted by Crippen LogP contribution is 2.34. The van der Waals surface area contributed by atoms with Gasteiger partial charge in [-0.3, -0.25) is 9.36 Å². The van der Waals surface area contributed by atoms with Crippen molar-refractivity contribution in [2.24, 2.45) is 0 Å². The van der Waals surface area contributed by atoms with Crippen molar-refractivity contribution in [3.8, 4) is 0 Å². The molecule has 3 rings (SSSR count). The van der Waals surface area contributed by atoms with Gasteiger partial charge < -0.3 is 9.64 Å². The highest BCUT2D eigenvalue weighted by molar-refractivity contribution is 7.18. The first kappa shape index (κ1) is 19.0. The largest absolute Gasteiger partial charge is 0.461 e. The minimum absolute atomic E-state index is 0.112. The number of aryl methyl sites for hydroxylation is 2. The van der Waals surface area contributed by atoms with Crippen LogP contribution in [0.3, 0.4) is 0 Å². The molecular weight excluding hydrogens is 350 g/mol. The van der Waals surface area contributed by atoms with Gasteiger partial charge in [-0.25, -0.2) is 9.78 Å². The zero-order valence-corrected chi connectivity index (χ0v) is 17.0. The van der Waals surface area contributed by atoms with Crippen LogP contribution < -0.4 is 5.56 Å². The van der Waals surface area contributed by atoms with E-state index in [9.17, 15) is 9.59 Å². The van der Waals surface area contributed by atoms with Crippen molar-refractivity contribution in [2.75, 3.05) is 14.1 Å². The van der Waals surface area contributed by atoms with Crippen molar-refractivity contribution in [2.45, 2.75) is 65.1 Å². The zero-order valence-electron chi connectivity index (χ0n) is 16.2. The molecular formula is C19H27N3O3S. The molecule has 1 aliphatic rings. The van der Waals surface area contributed by atoms with Crippen LogP contribution in [0.5, 0.6) is 0 Å². The van der Waals surface area contributed by atoms with Gasteiger partial charge in [-0.15, -0.1) is 11.3 Å². The van der Waals surface area contributed by atoms with Crippen molar-refractivity contribution in [1.82, 2.24) is 14.5 Å². The Kier molecular flexibility index (Phi) is 5.48. The molecule has 26 heavy (non-hydrogen) atoms. The average molecular weight is 378 g/mol. The van der Waals surface area contributed by atoms with E-state index in [-0.39, 0.29) is 11.7 Å². The SMILES string of the molecule is CC(C)OC(=O)C(C)n1c(CN(C)C)nc2sc3c(c2c1=O)CCCC3. The van der Waals surface area contributed by atoms with Crippen molar-refractivity contribution in [3.05, 3.63) is 26.6 Å². The molecule has 1 atom stereocenters. The molecule has 0 bridgehead atoms. The van der Waals surface area contributed by atoms with Gasteiger partial charge in [0.15, 0.2) is 0 Å². The normalized spacial score (nSPS) is 15.5. The van der Waals surface area contributed by atoms with E-state index in [1.807, 2.05) is 32.8 Å². The van der Waals surface area contributed by atoms with Gasteiger partial charge in [0.2, 0.25) is 0 Å². The highest BCUT2D eigenvalue weighted by atomic mass is 32.1. The Hall–Kier alpha value is -1.73. The summed E-state index contributed by atoms with van der Waals surface area (Å²) in [7, 11) is 3.86. The molecule has 2 heterocycles. The van der Waals surface area contributed by atoms with Crippen molar-refractivity contribution in [3.63, 3.8) is 0 Å². The van der Waals surface area contributed by atoms with Gasteiger partial charge in [0.1, 0.15) is 16.7 Å². The van der Waals surface area contributed by atoms with Gasteiger partial charge >= 0.3 is 5.97 Å². The molecule has 7 heteroatoms. The smallest absolute Gasteiger partial charge is 0.329 e. The molecule has 2 aromatic heterocycles. The number of hydrogen-bond acceptors (Lipinski definition) is 6. The van der Waals surface area contributed by atoms with Crippen LogP contribution in [0.2, 0.25) is 0 Å². The molecule has 0 saturated carbocycles. The van der Waals surface area contributed by atoms with Crippen LogP contribution in [0.1, 0.15) is 55.9 Å². The van der Waals surface area contributed by atoms with E-state index in [1.165, 1.54) is 9.44 Å². The number of rotatable bonds is 5. The summed E-state index contributed by atoms with van der Waals surface area (Å²) in [6.07, 6.45) is 3.98. The van der Waals surface area contributed by atoms with E-state index < -0.39 is 12.0 Å². The fourth-order valence-corrected chi connectivity index (χ4v) is 4.76. The van der Waals surface area contributed by atoms with Crippen LogP contribution in [0.4, 0.5) is 0 Å². The lowest BCUT2D eigenvalue weighted by Gasteiger charge is -2.21. The maximum atomic E-state index is 13.4. The maximum Gasteiger partial charge on any atom is 0.329 e. The lowest BCUT2D eigenvalue weighted by Crippen LogP contribution is -2.35. The van der Waals surface area contributed by atoms with Crippen molar-refractivity contribution >= 4 is 27.5 Å². The Labute approximate surface area is 157 Å². The number of aromatic nitrogens is 2. The molecule has 0 saturated heterocycles. The Morgan fingerprint density at radius 1 is 1.27 bits per heavy atom. The number of carbonyl (C=O) groups is 1. The molecule has 0 fully saturated rings. The van der Waals surface area contributed by atoms with Crippen molar-refractivity contribution in [1.29, 1.82) is 0 Å². The molecule has 0 amide bonds. The summed E-state index contributed by atoms with van der Waals surface area (Å²) in [4.78, 5) is 34.7. The van der Waals surface area contributed by atoms with Gasteiger partial charge in [-0.05, 0) is 66.1 Å². The molecule has 0 N–H and O–H groups in total. The third-order valence-corrected chi connectivity index (χ3v) is 5.82. The van der Waals surface area contributed by atoms with Gasteiger partial charge in [0.05, 0.1) is 18.0 Å². The second-order valence-corrected chi connectivity index (χ2v) is 8.58. The van der Waals surface area contributed by atoms with Gasteiger partial charge in [0.25, 0.3) is 5.56 Å². The van der Waals surface area contributed by atoms with Crippen molar-refractivity contribution < 1.29 is 9.53 Å². The third-order valence-electron chi connectivity index (χ3n) is 4.63. The van der Waals surface area contributed by atoms with E-state index >= 15 is 0 Å². The van der Waals surface area contributed by atoms with Crippen LogP contribution in [-0.4, -0.2) is 40.6 Å². The van der Waals surface area contributed by atoms with E-state index in [0.717, 1.165) is 36.1 Å². The zero-order chi connectivity index (χ0) is 19.0. The summed E-state index contributed by atoms with van der Waals surface area (Å²) < 4.78 is 6.89. The van der Waals surface area contributed by atoms with E-state index in [2.05, 4.69) is 0 Å². The third kappa shape index (κ3) is 3.55. The number of nitrogens with zero attached hydrogens (tertiary/aromatic N) is 3. The topological polar surface area (TPSA) is 64.4 Å². The average Bonchev–Trinajstić information content (AvgIpc) is 2.91. The first-order valence-electron chi connectivity index (χ1n) is 9.20. The minimum atomic E-state index is -0.698. The Morgan fingerprint density at radius 2 is 1.96 bits per heavy atom. The molecule has 142 valence electrons. The molecule has 0 aliphatic heterocycles. The Balaban J connectivity index is 2.19. The quantitative estimate of drug-likeness (QED) is 0.750. The van der Waals surface area contributed by atoms with Gasteiger partial charge in [-0.2, -0.15) is 0 Å². The Bertz CT molecular complexity index is 882.